The van der Waals surface area contributed by atoms with E-state index in [4.69, 9.17) is 21.1 Å². The highest BCUT2D eigenvalue weighted by atomic mass is 35.5. The van der Waals surface area contributed by atoms with Gasteiger partial charge >= 0.3 is 0 Å². The molecule has 0 radical (unpaired) electrons. The van der Waals surface area contributed by atoms with Gasteiger partial charge in [-0.1, -0.05) is 30.2 Å². The maximum Gasteiger partial charge on any atom is 0.184 e. The Balaban J connectivity index is 1.87. The summed E-state index contributed by atoms with van der Waals surface area (Å²) in [6.45, 7) is 3.01. The topological polar surface area (TPSA) is 21.7 Å². The van der Waals surface area contributed by atoms with Crippen LogP contribution < -0.4 is 9.47 Å². The zero-order valence-corrected chi connectivity index (χ0v) is 11.5. The van der Waals surface area contributed by atoms with E-state index in [-0.39, 0.29) is 5.56 Å². The summed E-state index contributed by atoms with van der Waals surface area (Å²) in [7, 11) is 1.63. The van der Waals surface area contributed by atoms with Crippen LogP contribution in [0.15, 0.2) is 24.3 Å². The van der Waals surface area contributed by atoms with E-state index in [2.05, 4.69) is 4.90 Å². The Labute approximate surface area is 114 Å². The zero-order chi connectivity index (χ0) is 12.8. The summed E-state index contributed by atoms with van der Waals surface area (Å²) in [6, 6.07) is 7.59. The van der Waals surface area contributed by atoms with Crippen LogP contribution in [0, 0.1) is 0 Å². The summed E-state index contributed by atoms with van der Waals surface area (Å²) in [5, 5.41) is 0. The Morgan fingerprint density at radius 3 is 2.50 bits per heavy atom. The number of halogens is 1. The zero-order valence-electron chi connectivity index (χ0n) is 10.8. The van der Waals surface area contributed by atoms with E-state index >= 15 is 0 Å². The molecular formula is C14H20ClNO2. The predicted molar refractivity (Wildman–Crippen MR) is 73.6 cm³/mol. The monoisotopic (exact) mass is 269 g/mol. The second kappa shape index (κ2) is 6.86. The fourth-order valence-corrected chi connectivity index (χ4v) is 2.53. The molecule has 1 atom stereocenters. The standard InChI is InChI=1S/C14H20ClNO2/c1-17-12-7-3-4-8-13(12)18-14(15)11-16-9-5-2-6-10-16/h3-4,7-8,14H,2,5-6,9-11H2,1H3. The molecule has 0 saturated carbocycles. The van der Waals surface area contributed by atoms with Crippen molar-refractivity contribution in [2.45, 2.75) is 24.8 Å². The fraction of sp³-hybridized carbons (Fsp3) is 0.571. The minimum Gasteiger partial charge on any atom is -0.493 e. The van der Waals surface area contributed by atoms with Gasteiger partial charge in [-0.3, -0.25) is 4.90 Å². The first-order valence-electron chi connectivity index (χ1n) is 6.45. The van der Waals surface area contributed by atoms with Crippen molar-refractivity contribution in [2.24, 2.45) is 0 Å². The molecule has 0 spiro atoms. The van der Waals surface area contributed by atoms with E-state index in [0.717, 1.165) is 25.4 Å². The first-order valence-corrected chi connectivity index (χ1v) is 6.89. The smallest absolute Gasteiger partial charge is 0.184 e. The molecule has 0 bridgehead atoms. The van der Waals surface area contributed by atoms with Crippen LogP contribution in [0.3, 0.4) is 0 Å². The Bertz CT molecular complexity index is 367. The average Bonchev–Trinajstić information content (AvgIpc) is 2.40. The third kappa shape index (κ3) is 3.79. The second-order valence-electron chi connectivity index (χ2n) is 4.54. The molecule has 0 aliphatic carbocycles. The highest BCUT2D eigenvalue weighted by Gasteiger charge is 2.16. The molecule has 1 saturated heterocycles. The number of likely N-dealkylation sites (tertiary alicyclic amines) is 1. The Morgan fingerprint density at radius 2 is 1.83 bits per heavy atom. The van der Waals surface area contributed by atoms with Crippen LogP contribution in [0.1, 0.15) is 19.3 Å². The molecule has 1 aliphatic rings. The van der Waals surface area contributed by atoms with Gasteiger partial charge in [0.1, 0.15) is 0 Å². The first-order chi connectivity index (χ1) is 8.79. The van der Waals surface area contributed by atoms with Crippen LogP contribution >= 0.6 is 11.6 Å². The molecule has 0 N–H and O–H groups in total. The maximum atomic E-state index is 6.26. The normalized spacial score (nSPS) is 18.3. The molecule has 100 valence electrons. The van der Waals surface area contributed by atoms with Crippen molar-refractivity contribution in [3.05, 3.63) is 24.3 Å². The van der Waals surface area contributed by atoms with E-state index < -0.39 is 0 Å². The third-order valence-corrected chi connectivity index (χ3v) is 3.40. The van der Waals surface area contributed by atoms with Crippen molar-refractivity contribution in [2.75, 3.05) is 26.7 Å². The summed E-state index contributed by atoms with van der Waals surface area (Å²) in [5.41, 5.74) is -0.334. The fourth-order valence-electron chi connectivity index (χ4n) is 2.24. The lowest BCUT2D eigenvalue weighted by molar-refractivity contribution is 0.160. The lowest BCUT2D eigenvalue weighted by Gasteiger charge is -2.28. The van der Waals surface area contributed by atoms with E-state index in [0.29, 0.717) is 5.75 Å². The Morgan fingerprint density at radius 1 is 1.17 bits per heavy atom. The number of nitrogens with zero attached hydrogens (tertiary/aromatic N) is 1. The number of piperidine rings is 1. The van der Waals surface area contributed by atoms with E-state index in [1.165, 1.54) is 19.3 Å². The van der Waals surface area contributed by atoms with Crippen LogP contribution in [0.25, 0.3) is 0 Å². The van der Waals surface area contributed by atoms with Crippen molar-refractivity contribution < 1.29 is 9.47 Å². The van der Waals surface area contributed by atoms with Crippen molar-refractivity contribution in [1.29, 1.82) is 0 Å². The molecule has 1 aliphatic heterocycles. The van der Waals surface area contributed by atoms with Gasteiger partial charge in [-0.15, -0.1) is 0 Å². The minimum absolute atomic E-state index is 0.334. The number of para-hydroxylation sites is 2. The predicted octanol–water partition coefficient (Wildman–Crippen LogP) is 3.12. The summed E-state index contributed by atoms with van der Waals surface area (Å²) < 4.78 is 11.0. The molecule has 3 nitrogen and oxygen atoms in total. The van der Waals surface area contributed by atoms with Gasteiger partial charge < -0.3 is 9.47 Å². The SMILES string of the molecule is COc1ccccc1OC(Cl)CN1CCCCC1. The van der Waals surface area contributed by atoms with Crippen molar-refractivity contribution in [3.63, 3.8) is 0 Å². The second-order valence-corrected chi connectivity index (χ2v) is 5.03. The number of methoxy groups -OCH3 is 1. The van der Waals surface area contributed by atoms with Gasteiger partial charge in [0.25, 0.3) is 0 Å². The molecule has 1 heterocycles. The maximum absolute atomic E-state index is 6.26. The van der Waals surface area contributed by atoms with Gasteiger partial charge in [-0.25, -0.2) is 0 Å². The third-order valence-electron chi connectivity index (χ3n) is 3.17. The van der Waals surface area contributed by atoms with Crippen molar-refractivity contribution >= 4 is 11.6 Å². The van der Waals surface area contributed by atoms with Crippen molar-refractivity contribution in [1.82, 2.24) is 4.90 Å². The highest BCUT2D eigenvalue weighted by molar-refractivity contribution is 6.20. The summed E-state index contributed by atoms with van der Waals surface area (Å²) >= 11 is 6.26. The first kappa shape index (κ1) is 13.5. The van der Waals surface area contributed by atoms with Gasteiger partial charge in [-0.05, 0) is 38.1 Å². The largest absolute Gasteiger partial charge is 0.493 e. The quantitative estimate of drug-likeness (QED) is 0.767. The molecule has 2 rings (SSSR count). The van der Waals surface area contributed by atoms with Crippen LogP contribution in [-0.4, -0.2) is 37.2 Å². The minimum atomic E-state index is -0.334. The average molecular weight is 270 g/mol. The van der Waals surface area contributed by atoms with E-state index in [9.17, 15) is 0 Å². The van der Waals surface area contributed by atoms with Gasteiger partial charge in [0.15, 0.2) is 17.1 Å². The molecular weight excluding hydrogens is 250 g/mol. The summed E-state index contributed by atoms with van der Waals surface area (Å²) in [5.74, 6) is 1.43. The van der Waals surface area contributed by atoms with E-state index in [1.54, 1.807) is 7.11 Å². The molecule has 18 heavy (non-hydrogen) atoms. The lowest BCUT2D eigenvalue weighted by atomic mass is 10.1. The summed E-state index contributed by atoms with van der Waals surface area (Å²) in [6.07, 6.45) is 3.85. The number of hydrogen-bond acceptors (Lipinski definition) is 3. The van der Waals surface area contributed by atoms with Crippen molar-refractivity contribution in [3.8, 4) is 11.5 Å². The highest BCUT2D eigenvalue weighted by Crippen LogP contribution is 2.27. The van der Waals surface area contributed by atoms with Crippen LogP contribution in [0.2, 0.25) is 0 Å². The van der Waals surface area contributed by atoms with Gasteiger partial charge in [0.05, 0.1) is 7.11 Å². The van der Waals surface area contributed by atoms with Gasteiger partial charge in [-0.2, -0.15) is 0 Å². The number of ether oxygens (including phenoxy) is 2. The Hall–Kier alpha value is -0.930. The molecule has 0 amide bonds. The number of benzene rings is 1. The number of hydrogen-bond donors (Lipinski definition) is 0. The molecule has 1 fully saturated rings. The molecule has 0 aromatic heterocycles. The molecule has 1 aromatic rings. The van der Waals surface area contributed by atoms with Crippen LogP contribution in [0.5, 0.6) is 11.5 Å². The van der Waals surface area contributed by atoms with Crippen LogP contribution in [0.4, 0.5) is 0 Å². The molecule has 1 unspecified atom stereocenters. The van der Waals surface area contributed by atoms with Gasteiger partial charge in [0.2, 0.25) is 0 Å². The number of alkyl halides is 1. The Kier molecular flexibility index (Phi) is 5.14. The molecule has 1 aromatic carbocycles. The lowest BCUT2D eigenvalue weighted by Crippen LogP contribution is -2.36. The number of rotatable bonds is 5. The van der Waals surface area contributed by atoms with E-state index in [1.807, 2.05) is 24.3 Å². The summed E-state index contributed by atoms with van der Waals surface area (Å²) in [4.78, 5) is 2.36. The molecule has 4 heteroatoms. The van der Waals surface area contributed by atoms with Crippen LogP contribution in [-0.2, 0) is 0 Å². The van der Waals surface area contributed by atoms with Gasteiger partial charge in [0, 0.05) is 6.54 Å².